The zero-order valence-corrected chi connectivity index (χ0v) is 14.2. The number of fused-ring (bicyclic) bond motifs is 1. The van der Waals surface area contributed by atoms with Gasteiger partial charge in [0.15, 0.2) is 4.80 Å². The predicted molar refractivity (Wildman–Crippen MR) is 93.0 cm³/mol. The number of nitrogens with zero attached hydrogens (tertiary/aromatic N) is 2. The Morgan fingerprint density at radius 1 is 1.22 bits per heavy atom. The van der Waals surface area contributed by atoms with E-state index in [-0.39, 0.29) is 5.91 Å². The van der Waals surface area contributed by atoms with Crippen LogP contribution in [0.2, 0.25) is 0 Å². The number of thiazole rings is 1. The maximum absolute atomic E-state index is 12.4. The van der Waals surface area contributed by atoms with Gasteiger partial charge >= 0.3 is 0 Å². The van der Waals surface area contributed by atoms with Crippen LogP contribution >= 0.6 is 11.3 Å². The number of ether oxygens (including phenoxy) is 1. The van der Waals surface area contributed by atoms with Crippen molar-refractivity contribution in [3.63, 3.8) is 0 Å². The summed E-state index contributed by atoms with van der Waals surface area (Å²) in [6, 6.07) is 13.2. The van der Waals surface area contributed by atoms with Crippen molar-refractivity contribution in [2.45, 2.75) is 13.8 Å². The second-order valence-corrected chi connectivity index (χ2v) is 6.25. The third-order valence-corrected chi connectivity index (χ3v) is 4.73. The first kappa shape index (κ1) is 15.5. The molecule has 0 aliphatic heterocycles. The number of hydrogen-bond donors (Lipinski definition) is 0. The third-order valence-electron chi connectivity index (χ3n) is 3.63. The van der Waals surface area contributed by atoms with Crippen LogP contribution < -0.4 is 9.54 Å². The molecule has 1 amide bonds. The summed E-state index contributed by atoms with van der Waals surface area (Å²) >= 11 is 1.52. The minimum Gasteiger partial charge on any atom is -0.494 e. The number of benzene rings is 2. The molecular weight excluding hydrogens is 308 g/mol. The zero-order chi connectivity index (χ0) is 16.4. The van der Waals surface area contributed by atoms with Crippen molar-refractivity contribution >= 4 is 27.5 Å². The molecule has 0 saturated heterocycles. The molecule has 23 heavy (non-hydrogen) atoms. The minimum absolute atomic E-state index is 0.243. The zero-order valence-electron chi connectivity index (χ0n) is 13.4. The molecule has 0 fully saturated rings. The van der Waals surface area contributed by atoms with Crippen LogP contribution in [-0.2, 0) is 7.05 Å². The number of aromatic nitrogens is 1. The van der Waals surface area contributed by atoms with E-state index in [9.17, 15) is 4.79 Å². The Kier molecular flexibility index (Phi) is 4.30. The number of hydrogen-bond acceptors (Lipinski definition) is 3. The topological polar surface area (TPSA) is 43.6 Å². The molecule has 3 aromatic rings. The van der Waals surface area contributed by atoms with Crippen molar-refractivity contribution in [3.05, 3.63) is 58.4 Å². The summed E-state index contributed by atoms with van der Waals surface area (Å²) in [5, 5.41) is 0. The van der Waals surface area contributed by atoms with E-state index in [1.165, 1.54) is 16.9 Å². The van der Waals surface area contributed by atoms with E-state index in [1.54, 1.807) is 24.3 Å². The fourth-order valence-electron chi connectivity index (χ4n) is 2.52. The quantitative estimate of drug-likeness (QED) is 0.737. The van der Waals surface area contributed by atoms with Crippen molar-refractivity contribution in [1.29, 1.82) is 0 Å². The number of carbonyl (C=O) groups excluding carboxylic acids is 1. The van der Waals surface area contributed by atoms with Crippen molar-refractivity contribution < 1.29 is 9.53 Å². The van der Waals surface area contributed by atoms with Crippen LogP contribution in [0, 0.1) is 6.92 Å². The number of carbonyl (C=O) groups is 1. The highest BCUT2D eigenvalue weighted by molar-refractivity contribution is 7.16. The summed E-state index contributed by atoms with van der Waals surface area (Å²) in [5.74, 6) is 0.514. The molecule has 5 heteroatoms. The second-order valence-electron chi connectivity index (χ2n) is 5.24. The van der Waals surface area contributed by atoms with Gasteiger partial charge in [-0.25, -0.2) is 0 Å². The highest BCUT2D eigenvalue weighted by Crippen LogP contribution is 2.20. The standard InChI is InChI=1S/C18H18N2O2S/c1-4-22-14-10-8-13(9-11-14)17(21)19-18-20(3)16-12(2)6-5-7-15(16)23-18/h5-11H,4H2,1-3H3. The minimum atomic E-state index is -0.243. The summed E-state index contributed by atoms with van der Waals surface area (Å²) in [6.45, 7) is 4.60. The average molecular weight is 326 g/mol. The Bertz CT molecular complexity index is 920. The Balaban J connectivity index is 1.99. The number of amides is 1. The molecule has 0 aliphatic carbocycles. The molecule has 2 aromatic carbocycles. The molecular formula is C18H18N2O2S. The predicted octanol–water partition coefficient (Wildman–Crippen LogP) is 3.69. The maximum Gasteiger partial charge on any atom is 0.279 e. The number of aryl methyl sites for hydroxylation is 2. The van der Waals surface area contributed by atoms with Crippen LogP contribution in [0.15, 0.2) is 47.5 Å². The highest BCUT2D eigenvalue weighted by Gasteiger charge is 2.08. The van der Waals surface area contributed by atoms with Crippen LogP contribution in [0.5, 0.6) is 5.75 Å². The lowest BCUT2D eigenvalue weighted by Gasteiger charge is -2.02. The van der Waals surface area contributed by atoms with Gasteiger partial charge in [-0.1, -0.05) is 23.5 Å². The lowest BCUT2D eigenvalue weighted by Crippen LogP contribution is -2.13. The summed E-state index contributed by atoms with van der Waals surface area (Å²) in [4.78, 5) is 17.4. The number of para-hydroxylation sites is 1. The maximum atomic E-state index is 12.4. The molecule has 0 N–H and O–H groups in total. The normalized spacial score (nSPS) is 11.9. The van der Waals surface area contributed by atoms with Crippen molar-refractivity contribution in [3.8, 4) is 5.75 Å². The van der Waals surface area contributed by atoms with E-state index in [0.29, 0.717) is 17.0 Å². The Hall–Kier alpha value is -2.40. The lowest BCUT2D eigenvalue weighted by atomic mass is 10.2. The molecule has 0 bridgehead atoms. The van der Waals surface area contributed by atoms with Crippen LogP contribution in [0.25, 0.3) is 10.2 Å². The second kappa shape index (κ2) is 6.38. The van der Waals surface area contributed by atoms with Crippen molar-refractivity contribution in [2.24, 2.45) is 12.0 Å². The van der Waals surface area contributed by atoms with Gasteiger partial charge in [-0.2, -0.15) is 4.99 Å². The first-order valence-corrected chi connectivity index (χ1v) is 8.29. The van der Waals surface area contributed by atoms with Gasteiger partial charge in [0, 0.05) is 12.6 Å². The first-order valence-electron chi connectivity index (χ1n) is 7.47. The third kappa shape index (κ3) is 3.05. The monoisotopic (exact) mass is 326 g/mol. The van der Waals surface area contributed by atoms with Gasteiger partial charge in [-0.15, -0.1) is 0 Å². The lowest BCUT2D eigenvalue weighted by molar-refractivity contribution is 0.0998. The molecule has 4 nitrogen and oxygen atoms in total. The number of rotatable bonds is 3. The van der Waals surface area contributed by atoms with Crippen LogP contribution in [0.1, 0.15) is 22.8 Å². The average Bonchev–Trinajstić information content (AvgIpc) is 2.86. The first-order chi connectivity index (χ1) is 11.1. The van der Waals surface area contributed by atoms with E-state index >= 15 is 0 Å². The van der Waals surface area contributed by atoms with Crippen LogP contribution in [-0.4, -0.2) is 17.1 Å². The van der Waals surface area contributed by atoms with Gasteiger partial charge in [-0.05, 0) is 49.7 Å². The van der Waals surface area contributed by atoms with E-state index in [1.807, 2.05) is 30.7 Å². The molecule has 0 radical (unpaired) electrons. The van der Waals surface area contributed by atoms with E-state index < -0.39 is 0 Å². The fourth-order valence-corrected chi connectivity index (χ4v) is 3.61. The molecule has 3 rings (SSSR count). The molecule has 0 spiro atoms. The SMILES string of the molecule is CCOc1ccc(C(=O)N=c2sc3cccc(C)c3n2C)cc1. The Morgan fingerprint density at radius 3 is 2.61 bits per heavy atom. The summed E-state index contributed by atoms with van der Waals surface area (Å²) in [5.41, 5.74) is 2.86. The molecule has 0 atom stereocenters. The van der Waals surface area contributed by atoms with Crippen LogP contribution in [0.4, 0.5) is 0 Å². The van der Waals surface area contributed by atoms with Gasteiger partial charge in [0.25, 0.3) is 5.91 Å². The van der Waals surface area contributed by atoms with Crippen LogP contribution in [0.3, 0.4) is 0 Å². The Labute approximate surface area is 138 Å². The summed E-state index contributed by atoms with van der Waals surface area (Å²) < 4.78 is 8.49. The largest absolute Gasteiger partial charge is 0.494 e. The Morgan fingerprint density at radius 2 is 1.96 bits per heavy atom. The highest BCUT2D eigenvalue weighted by atomic mass is 32.1. The van der Waals surface area contributed by atoms with Gasteiger partial charge in [0.05, 0.1) is 16.8 Å². The summed E-state index contributed by atoms with van der Waals surface area (Å²) in [7, 11) is 1.94. The van der Waals surface area contributed by atoms with Crippen molar-refractivity contribution in [1.82, 2.24) is 4.57 Å². The summed E-state index contributed by atoms with van der Waals surface area (Å²) in [6.07, 6.45) is 0. The molecule has 0 unspecified atom stereocenters. The van der Waals surface area contributed by atoms with Crippen molar-refractivity contribution in [2.75, 3.05) is 6.61 Å². The fraction of sp³-hybridized carbons (Fsp3) is 0.222. The molecule has 1 heterocycles. The van der Waals surface area contributed by atoms with Gasteiger partial charge in [0.1, 0.15) is 5.75 Å². The van der Waals surface area contributed by atoms with E-state index in [4.69, 9.17) is 4.74 Å². The smallest absolute Gasteiger partial charge is 0.279 e. The van der Waals surface area contributed by atoms with E-state index in [0.717, 1.165) is 16.0 Å². The van der Waals surface area contributed by atoms with Gasteiger partial charge in [-0.3, -0.25) is 4.79 Å². The molecule has 118 valence electrons. The molecule has 0 aliphatic rings. The molecule has 1 aromatic heterocycles. The van der Waals surface area contributed by atoms with Gasteiger partial charge in [0.2, 0.25) is 0 Å². The molecule has 0 saturated carbocycles. The van der Waals surface area contributed by atoms with E-state index in [2.05, 4.69) is 18.0 Å². The van der Waals surface area contributed by atoms with Gasteiger partial charge < -0.3 is 9.30 Å².